The molecule has 0 unspecified atom stereocenters. The van der Waals surface area contributed by atoms with Crippen molar-refractivity contribution in [1.29, 1.82) is 0 Å². The van der Waals surface area contributed by atoms with Crippen LogP contribution in [0.2, 0.25) is 0 Å². The Morgan fingerprint density at radius 2 is 1.97 bits per heavy atom. The maximum absolute atomic E-state index is 14.2. The molecule has 3 heterocycles. The molecule has 0 bridgehead atoms. The summed E-state index contributed by atoms with van der Waals surface area (Å²) in [5.41, 5.74) is 5.52. The van der Waals surface area contributed by atoms with E-state index in [1.54, 1.807) is 31.5 Å². The monoisotopic (exact) mass is 442 g/mol. The standard InChI is InChI=1S/C26H23FN4O2/c1-16-19(27)8-5-9-20(16)30-25-23-21(11-13-29-26(23)32)31-24(25)18-10-12-28-14-22(18)33-15-17-6-3-2-4-7-17/h2-10,12,14,30-31H,11,13,15H2,1H3,(H,29,32). The number of aromatic amines is 1. The van der Waals surface area contributed by atoms with Crippen LogP contribution >= 0.6 is 0 Å². The van der Waals surface area contributed by atoms with E-state index in [0.29, 0.717) is 53.5 Å². The van der Waals surface area contributed by atoms with Gasteiger partial charge in [-0.2, -0.15) is 0 Å². The average Bonchev–Trinajstić information content (AvgIpc) is 3.21. The highest BCUT2D eigenvalue weighted by Gasteiger charge is 2.28. The molecule has 0 saturated carbocycles. The van der Waals surface area contributed by atoms with Crippen molar-refractivity contribution in [3.8, 4) is 17.0 Å². The van der Waals surface area contributed by atoms with Gasteiger partial charge in [0.1, 0.15) is 18.2 Å². The fourth-order valence-corrected chi connectivity index (χ4v) is 4.02. The molecule has 6 nitrogen and oxygen atoms in total. The Morgan fingerprint density at radius 3 is 2.82 bits per heavy atom. The predicted molar refractivity (Wildman–Crippen MR) is 125 cm³/mol. The molecule has 0 aliphatic carbocycles. The van der Waals surface area contributed by atoms with Crippen molar-refractivity contribution in [2.45, 2.75) is 20.0 Å². The number of nitrogens with one attached hydrogen (secondary N) is 3. The second-order valence-electron chi connectivity index (χ2n) is 7.92. The molecular formula is C26H23FN4O2. The molecule has 0 saturated heterocycles. The molecule has 0 spiro atoms. The number of halogens is 1. The summed E-state index contributed by atoms with van der Waals surface area (Å²) >= 11 is 0. The predicted octanol–water partition coefficient (Wildman–Crippen LogP) is 5.13. The number of nitrogens with zero attached hydrogens (tertiary/aromatic N) is 1. The lowest BCUT2D eigenvalue weighted by Gasteiger charge is -2.17. The average molecular weight is 442 g/mol. The number of pyridine rings is 1. The third-order valence-electron chi connectivity index (χ3n) is 5.78. The zero-order chi connectivity index (χ0) is 22.8. The first-order chi connectivity index (χ1) is 16.1. The summed E-state index contributed by atoms with van der Waals surface area (Å²) in [5, 5.41) is 6.21. The van der Waals surface area contributed by atoms with Crippen molar-refractivity contribution in [2.24, 2.45) is 0 Å². The van der Waals surface area contributed by atoms with E-state index < -0.39 is 0 Å². The summed E-state index contributed by atoms with van der Waals surface area (Å²) in [4.78, 5) is 20.4. The fourth-order valence-electron chi connectivity index (χ4n) is 4.02. The van der Waals surface area contributed by atoms with Crippen molar-refractivity contribution >= 4 is 17.3 Å². The van der Waals surface area contributed by atoms with Gasteiger partial charge in [0.2, 0.25) is 0 Å². The largest absolute Gasteiger partial charge is 0.487 e. The minimum atomic E-state index is -0.314. The number of amides is 1. The minimum absolute atomic E-state index is 0.170. The van der Waals surface area contributed by atoms with E-state index in [1.165, 1.54) is 6.07 Å². The molecule has 7 heteroatoms. The number of ether oxygens (including phenoxy) is 1. The molecule has 0 atom stereocenters. The van der Waals surface area contributed by atoms with Crippen LogP contribution in [0, 0.1) is 12.7 Å². The Morgan fingerprint density at radius 1 is 1.12 bits per heavy atom. The van der Waals surface area contributed by atoms with Crippen LogP contribution in [-0.4, -0.2) is 22.4 Å². The molecule has 0 fully saturated rings. The molecule has 33 heavy (non-hydrogen) atoms. The number of benzene rings is 2. The van der Waals surface area contributed by atoms with Crippen LogP contribution in [-0.2, 0) is 13.0 Å². The molecular weight excluding hydrogens is 419 g/mol. The van der Waals surface area contributed by atoms with E-state index in [-0.39, 0.29) is 11.7 Å². The van der Waals surface area contributed by atoms with Crippen molar-refractivity contribution in [3.05, 3.63) is 95.2 Å². The summed E-state index contributed by atoms with van der Waals surface area (Å²) < 4.78 is 20.3. The minimum Gasteiger partial charge on any atom is -0.487 e. The number of fused-ring (bicyclic) bond motifs is 1. The lowest BCUT2D eigenvalue weighted by atomic mass is 10.0. The second-order valence-corrected chi connectivity index (χ2v) is 7.92. The maximum Gasteiger partial charge on any atom is 0.255 e. The van der Waals surface area contributed by atoms with Crippen LogP contribution in [0.1, 0.15) is 27.2 Å². The van der Waals surface area contributed by atoms with E-state index >= 15 is 0 Å². The summed E-state index contributed by atoms with van der Waals surface area (Å²) in [7, 11) is 0. The highest BCUT2D eigenvalue weighted by molar-refractivity contribution is 6.06. The fraction of sp³-hybridized carbons (Fsp3) is 0.154. The number of aromatic nitrogens is 2. The Labute approximate surface area is 190 Å². The van der Waals surface area contributed by atoms with Crippen LogP contribution in [0.5, 0.6) is 5.75 Å². The van der Waals surface area contributed by atoms with Crippen LogP contribution in [0.4, 0.5) is 15.8 Å². The van der Waals surface area contributed by atoms with Gasteiger partial charge in [0.15, 0.2) is 0 Å². The number of hydrogen-bond acceptors (Lipinski definition) is 4. The Hall–Kier alpha value is -4.13. The first-order valence-electron chi connectivity index (χ1n) is 10.8. The molecule has 1 amide bonds. The second kappa shape index (κ2) is 8.78. The first-order valence-corrected chi connectivity index (χ1v) is 10.8. The molecule has 0 radical (unpaired) electrons. The van der Waals surface area contributed by atoms with Crippen LogP contribution in [0.15, 0.2) is 67.0 Å². The molecule has 2 aromatic carbocycles. The lowest BCUT2D eigenvalue weighted by Crippen LogP contribution is -2.31. The van der Waals surface area contributed by atoms with Crippen molar-refractivity contribution in [2.75, 3.05) is 11.9 Å². The molecule has 5 rings (SSSR count). The van der Waals surface area contributed by atoms with Gasteiger partial charge in [-0.15, -0.1) is 0 Å². The third-order valence-corrected chi connectivity index (χ3v) is 5.78. The van der Waals surface area contributed by atoms with Gasteiger partial charge in [0.05, 0.1) is 23.1 Å². The highest BCUT2D eigenvalue weighted by atomic mass is 19.1. The zero-order valence-electron chi connectivity index (χ0n) is 18.1. The molecule has 1 aliphatic rings. The third kappa shape index (κ3) is 4.05. The summed E-state index contributed by atoms with van der Waals surface area (Å²) in [6.07, 6.45) is 4.01. The quantitative estimate of drug-likeness (QED) is 0.387. The SMILES string of the molecule is Cc1c(F)cccc1Nc1c(-c2ccncc2OCc2ccccc2)[nH]c2c1C(=O)NCC2. The van der Waals surface area contributed by atoms with Gasteiger partial charge < -0.3 is 20.4 Å². The van der Waals surface area contributed by atoms with Crippen molar-refractivity contribution in [3.63, 3.8) is 0 Å². The van der Waals surface area contributed by atoms with Gasteiger partial charge in [-0.3, -0.25) is 9.78 Å². The van der Waals surface area contributed by atoms with E-state index in [2.05, 4.69) is 20.6 Å². The molecule has 166 valence electrons. The number of carbonyl (C=O) groups excluding carboxylic acids is 1. The van der Waals surface area contributed by atoms with E-state index in [1.807, 2.05) is 36.4 Å². The van der Waals surface area contributed by atoms with Crippen LogP contribution in [0.3, 0.4) is 0 Å². The Bertz CT molecular complexity index is 1320. The summed E-state index contributed by atoms with van der Waals surface area (Å²) in [6, 6.07) is 16.6. The van der Waals surface area contributed by atoms with Crippen LogP contribution < -0.4 is 15.4 Å². The Kier molecular flexibility index (Phi) is 5.52. The highest BCUT2D eigenvalue weighted by Crippen LogP contribution is 2.40. The number of rotatable bonds is 6. The van der Waals surface area contributed by atoms with Gasteiger partial charge in [-0.05, 0) is 30.7 Å². The zero-order valence-corrected chi connectivity index (χ0v) is 18.1. The summed E-state index contributed by atoms with van der Waals surface area (Å²) in [6.45, 7) is 2.64. The number of carbonyl (C=O) groups is 1. The van der Waals surface area contributed by atoms with E-state index in [9.17, 15) is 9.18 Å². The Balaban J connectivity index is 1.59. The van der Waals surface area contributed by atoms with Gasteiger partial charge in [-0.25, -0.2) is 4.39 Å². The first kappa shape index (κ1) is 20.8. The van der Waals surface area contributed by atoms with Crippen molar-refractivity contribution in [1.82, 2.24) is 15.3 Å². The number of H-pyrrole nitrogens is 1. The molecule has 4 aromatic rings. The molecule has 3 N–H and O–H groups in total. The van der Waals surface area contributed by atoms with Gasteiger partial charge in [0.25, 0.3) is 5.91 Å². The molecule has 2 aromatic heterocycles. The number of hydrogen-bond donors (Lipinski definition) is 3. The lowest BCUT2D eigenvalue weighted by molar-refractivity contribution is 0.0947. The van der Waals surface area contributed by atoms with Crippen molar-refractivity contribution < 1.29 is 13.9 Å². The van der Waals surface area contributed by atoms with E-state index in [4.69, 9.17) is 4.74 Å². The van der Waals surface area contributed by atoms with E-state index in [0.717, 1.165) is 16.8 Å². The summed E-state index contributed by atoms with van der Waals surface area (Å²) in [5.74, 6) is 0.0988. The van der Waals surface area contributed by atoms with Gasteiger partial charge in [-0.1, -0.05) is 36.4 Å². The normalized spacial score (nSPS) is 12.7. The topological polar surface area (TPSA) is 79.0 Å². The van der Waals surface area contributed by atoms with Crippen LogP contribution in [0.25, 0.3) is 11.3 Å². The van der Waals surface area contributed by atoms with Gasteiger partial charge >= 0.3 is 0 Å². The molecule has 1 aliphatic heterocycles. The smallest absolute Gasteiger partial charge is 0.255 e. The maximum atomic E-state index is 14.2. The number of anilines is 2. The van der Waals surface area contributed by atoms with Gasteiger partial charge in [0, 0.05) is 41.7 Å².